The number of hydrogen-bond donors (Lipinski definition) is 2. The van der Waals surface area contributed by atoms with Gasteiger partial charge in [-0.2, -0.15) is 0 Å². The van der Waals surface area contributed by atoms with Crippen LogP contribution < -0.4 is 5.73 Å². The van der Waals surface area contributed by atoms with Gasteiger partial charge in [-0.3, -0.25) is 4.90 Å². The molecule has 1 aliphatic rings. The Balaban J connectivity index is 1.98. The maximum atomic E-state index is 11.1. The zero-order valence-corrected chi connectivity index (χ0v) is 13.5. The lowest BCUT2D eigenvalue weighted by Crippen LogP contribution is -2.49. The van der Waals surface area contributed by atoms with Gasteiger partial charge in [0, 0.05) is 18.8 Å². The average Bonchev–Trinajstić information content (AvgIpc) is 2.56. The number of thioether (sulfide) groups is 1. The third kappa shape index (κ3) is 4.50. The van der Waals surface area contributed by atoms with Gasteiger partial charge in [-0.05, 0) is 17.4 Å². The molecule has 1 fully saturated rings. The summed E-state index contributed by atoms with van der Waals surface area (Å²) in [6.45, 7) is 3.70. The molecule has 2 rings (SSSR count). The molecule has 1 saturated heterocycles. The van der Waals surface area contributed by atoms with Crippen LogP contribution in [-0.2, 0) is 9.53 Å². The van der Waals surface area contributed by atoms with Crippen LogP contribution in [0.15, 0.2) is 35.7 Å². The molecule has 0 radical (unpaired) electrons. The van der Waals surface area contributed by atoms with Crippen molar-refractivity contribution in [2.75, 3.05) is 19.7 Å². The maximum absolute atomic E-state index is 11.1. The molecule has 0 amide bonds. The van der Waals surface area contributed by atoms with Gasteiger partial charge in [-0.1, -0.05) is 37.3 Å². The van der Waals surface area contributed by atoms with E-state index < -0.39 is 12.1 Å². The Morgan fingerprint density at radius 2 is 2.27 bits per heavy atom. The Hall–Kier alpha value is -1.50. The number of carboxylic acids is 1. The van der Waals surface area contributed by atoms with E-state index in [0.717, 1.165) is 24.2 Å². The monoisotopic (exact) mass is 322 g/mol. The minimum absolute atomic E-state index is 0.202. The summed E-state index contributed by atoms with van der Waals surface area (Å²) < 4.78 is 5.27. The van der Waals surface area contributed by atoms with E-state index in [0.29, 0.717) is 13.2 Å². The van der Waals surface area contributed by atoms with E-state index >= 15 is 0 Å². The van der Waals surface area contributed by atoms with Gasteiger partial charge in [-0.25, -0.2) is 4.79 Å². The summed E-state index contributed by atoms with van der Waals surface area (Å²) >= 11 is 1.64. The Kier molecular flexibility index (Phi) is 6.30. The highest BCUT2D eigenvalue weighted by Gasteiger charge is 2.29. The van der Waals surface area contributed by atoms with Crippen LogP contribution in [0.2, 0.25) is 0 Å². The second-order valence-corrected chi connectivity index (χ2v) is 6.18. The van der Waals surface area contributed by atoms with Crippen molar-refractivity contribution >= 4 is 23.4 Å². The number of aliphatic carboxylic acids is 1. The molecule has 120 valence electrons. The van der Waals surface area contributed by atoms with Crippen molar-refractivity contribution in [1.82, 2.24) is 4.90 Å². The smallest absolute Gasteiger partial charge is 0.334 e. The molecule has 1 heterocycles. The Morgan fingerprint density at radius 1 is 1.55 bits per heavy atom. The SMILES string of the molecule is CCC(S/C=C(\N)c1ccccc1)N1CCOC(C(=O)O)C1. The summed E-state index contributed by atoms with van der Waals surface area (Å²) in [5, 5.41) is 11.2. The van der Waals surface area contributed by atoms with Crippen LogP contribution in [0.5, 0.6) is 0 Å². The molecular weight excluding hydrogens is 300 g/mol. The fourth-order valence-electron chi connectivity index (χ4n) is 2.37. The minimum Gasteiger partial charge on any atom is -0.479 e. The molecule has 6 heteroatoms. The van der Waals surface area contributed by atoms with E-state index in [4.69, 9.17) is 15.6 Å². The molecule has 22 heavy (non-hydrogen) atoms. The minimum atomic E-state index is -0.899. The predicted octanol–water partition coefficient (Wildman–Crippen LogP) is 2.20. The second kappa shape index (κ2) is 8.22. The molecule has 1 aromatic rings. The van der Waals surface area contributed by atoms with Crippen molar-refractivity contribution < 1.29 is 14.6 Å². The summed E-state index contributed by atoms with van der Waals surface area (Å²) in [7, 11) is 0. The number of nitrogens with zero attached hydrogens (tertiary/aromatic N) is 1. The molecule has 1 aliphatic heterocycles. The predicted molar refractivity (Wildman–Crippen MR) is 89.2 cm³/mol. The lowest BCUT2D eigenvalue weighted by atomic mass is 10.2. The fraction of sp³-hybridized carbons (Fsp3) is 0.438. The first-order valence-corrected chi connectivity index (χ1v) is 8.31. The van der Waals surface area contributed by atoms with Crippen LogP contribution in [0.3, 0.4) is 0 Å². The van der Waals surface area contributed by atoms with E-state index in [-0.39, 0.29) is 5.37 Å². The lowest BCUT2D eigenvalue weighted by molar-refractivity contribution is -0.156. The van der Waals surface area contributed by atoms with Crippen LogP contribution in [-0.4, -0.2) is 47.1 Å². The molecule has 0 saturated carbocycles. The van der Waals surface area contributed by atoms with Crippen molar-refractivity contribution in [3.05, 3.63) is 41.3 Å². The van der Waals surface area contributed by atoms with Crippen LogP contribution in [0.1, 0.15) is 18.9 Å². The van der Waals surface area contributed by atoms with Gasteiger partial charge >= 0.3 is 5.97 Å². The largest absolute Gasteiger partial charge is 0.479 e. The molecule has 0 aliphatic carbocycles. The van der Waals surface area contributed by atoms with Crippen molar-refractivity contribution in [2.24, 2.45) is 5.73 Å². The molecule has 3 N–H and O–H groups in total. The summed E-state index contributed by atoms with van der Waals surface area (Å²) in [5.74, 6) is -0.899. The number of carbonyl (C=O) groups is 1. The summed E-state index contributed by atoms with van der Waals surface area (Å²) in [6.07, 6.45) is 0.175. The van der Waals surface area contributed by atoms with Crippen molar-refractivity contribution in [3.63, 3.8) is 0 Å². The number of carboxylic acid groups (broad SMARTS) is 1. The Bertz CT molecular complexity index is 521. The molecular formula is C16H22N2O3S. The standard InChI is InChI=1S/C16H22N2O3S/c1-2-15(18-8-9-21-14(10-18)16(19)20)22-11-13(17)12-6-4-3-5-7-12/h3-7,11,14-15H,2,8-10,17H2,1H3,(H,19,20)/b13-11-. The van der Waals surface area contributed by atoms with Crippen molar-refractivity contribution in [2.45, 2.75) is 24.8 Å². The molecule has 2 unspecified atom stereocenters. The topological polar surface area (TPSA) is 75.8 Å². The number of hydrogen-bond acceptors (Lipinski definition) is 5. The molecule has 0 aromatic heterocycles. The number of morpholine rings is 1. The van der Waals surface area contributed by atoms with Gasteiger partial charge in [0.2, 0.25) is 0 Å². The first-order valence-electron chi connectivity index (χ1n) is 7.36. The van der Waals surface area contributed by atoms with Crippen LogP contribution >= 0.6 is 11.8 Å². The lowest BCUT2D eigenvalue weighted by Gasteiger charge is -2.35. The van der Waals surface area contributed by atoms with Crippen LogP contribution in [0.4, 0.5) is 0 Å². The molecule has 5 nitrogen and oxygen atoms in total. The summed E-state index contributed by atoms with van der Waals surface area (Å²) in [4.78, 5) is 13.2. The zero-order valence-electron chi connectivity index (χ0n) is 12.6. The van der Waals surface area contributed by atoms with E-state index in [9.17, 15) is 4.79 Å². The third-order valence-corrected chi connectivity index (χ3v) is 4.92. The van der Waals surface area contributed by atoms with Crippen molar-refractivity contribution in [1.29, 1.82) is 0 Å². The maximum Gasteiger partial charge on any atom is 0.334 e. The average molecular weight is 322 g/mol. The Labute approximate surface area is 135 Å². The number of ether oxygens (including phenoxy) is 1. The van der Waals surface area contributed by atoms with E-state index in [1.807, 2.05) is 35.7 Å². The van der Waals surface area contributed by atoms with E-state index in [1.165, 1.54) is 0 Å². The summed E-state index contributed by atoms with van der Waals surface area (Å²) in [5.41, 5.74) is 7.83. The van der Waals surface area contributed by atoms with E-state index in [2.05, 4.69) is 11.8 Å². The zero-order chi connectivity index (χ0) is 15.9. The van der Waals surface area contributed by atoms with Crippen molar-refractivity contribution in [3.8, 4) is 0 Å². The van der Waals surface area contributed by atoms with Gasteiger partial charge in [0.05, 0.1) is 12.0 Å². The molecule has 1 aromatic carbocycles. The molecule has 0 bridgehead atoms. The number of nitrogens with two attached hydrogens (primary N) is 1. The third-order valence-electron chi connectivity index (χ3n) is 3.59. The number of benzene rings is 1. The normalized spacial score (nSPS) is 21.5. The highest BCUT2D eigenvalue weighted by atomic mass is 32.2. The van der Waals surface area contributed by atoms with Crippen LogP contribution in [0, 0.1) is 0 Å². The first kappa shape index (κ1) is 16.9. The highest BCUT2D eigenvalue weighted by molar-refractivity contribution is 8.02. The second-order valence-electron chi connectivity index (χ2n) is 5.13. The fourth-order valence-corrected chi connectivity index (χ4v) is 3.37. The van der Waals surface area contributed by atoms with Crippen LogP contribution in [0.25, 0.3) is 5.70 Å². The number of rotatable bonds is 6. The molecule has 0 spiro atoms. The van der Waals surface area contributed by atoms with Gasteiger partial charge < -0.3 is 15.6 Å². The quantitative estimate of drug-likeness (QED) is 0.836. The van der Waals surface area contributed by atoms with Gasteiger partial charge in [0.1, 0.15) is 0 Å². The Morgan fingerprint density at radius 3 is 2.91 bits per heavy atom. The first-order chi connectivity index (χ1) is 10.6. The highest BCUT2D eigenvalue weighted by Crippen LogP contribution is 2.25. The summed E-state index contributed by atoms with van der Waals surface area (Å²) in [6, 6.07) is 9.82. The van der Waals surface area contributed by atoms with Gasteiger partial charge in [0.15, 0.2) is 6.10 Å². The van der Waals surface area contributed by atoms with Gasteiger partial charge in [0.25, 0.3) is 0 Å². The van der Waals surface area contributed by atoms with Gasteiger partial charge in [-0.15, -0.1) is 11.8 Å². The molecule has 2 atom stereocenters. The van der Waals surface area contributed by atoms with E-state index in [1.54, 1.807) is 11.8 Å².